The first kappa shape index (κ1) is 28.3. The summed E-state index contributed by atoms with van der Waals surface area (Å²) in [5, 5.41) is 11.3. The minimum Gasteiger partial charge on any atom is -0.350 e. The number of hydrogen-bond donors (Lipinski definition) is 3. The van der Waals surface area contributed by atoms with Gasteiger partial charge in [0.1, 0.15) is 5.82 Å². The van der Waals surface area contributed by atoms with Crippen LogP contribution >= 0.6 is 0 Å². The maximum Gasteiger partial charge on any atom is 0.419 e. The quantitative estimate of drug-likeness (QED) is 0.357. The predicted octanol–water partition coefficient (Wildman–Crippen LogP) is 3.87. The topological polar surface area (TPSA) is 119 Å². The lowest BCUT2D eigenvalue weighted by Crippen LogP contribution is -2.31. The summed E-state index contributed by atoms with van der Waals surface area (Å²) in [5.41, 5.74) is 0.369. The maximum absolute atomic E-state index is 14.4. The Bertz CT molecular complexity index is 1390. The molecule has 1 heterocycles. The van der Waals surface area contributed by atoms with Crippen LogP contribution in [-0.4, -0.2) is 24.1 Å². The standard InChI is InChI=1S/C24H27F4N5O3S/c1-14(2)16-5-4-6-19(9-16)33-22(20(12-31-33)24(26,27)28)13-30-23(34)15(3)17-7-8-18(21(25)10-17)11-32-37(29,35)36/h4-10,12,14-15,32H,11,13H2,1-3H3,(H,30,34)(H2,29,35,36). The number of carbonyl (C=O) groups is 1. The second kappa shape index (κ2) is 11.0. The number of nitrogens with one attached hydrogen (secondary N) is 2. The molecular formula is C24H27F4N5O3S. The Morgan fingerprint density at radius 1 is 1.08 bits per heavy atom. The summed E-state index contributed by atoms with van der Waals surface area (Å²) in [4.78, 5) is 12.8. The third kappa shape index (κ3) is 7.14. The summed E-state index contributed by atoms with van der Waals surface area (Å²) in [6, 6.07) is 10.7. The van der Waals surface area contributed by atoms with Crippen LogP contribution in [0.5, 0.6) is 0 Å². The Kier molecular flexibility index (Phi) is 8.40. The Labute approximate surface area is 212 Å². The van der Waals surface area contributed by atoms with Crippen molar-refractivity contribution in [3.63, 3.8) is 0 Å². The number of hydrogen-bond acceptors (Lipinski definition) is 4. The number of carbonyl (C=O) groups excluding carboxylic acids is 1. The van der Waals surface area contributed by atoms with E-state index < -0.39 is 46.1 Å². The van der Waals surface area contributed by atoms with Crippen LogP contribution < -0.4 is 15.2 Å². The van der Waals surface area contributed by atoms with Crippen molar-refractivity contribution < 1.29 is 30.8 Å². The number of nitrogens with two attached hydrogens (primary N) is 1. The molecule has 0 saturated carbocycles. The molecule has 2 aromatic carbocycles. The molecule has 0 saturated heterocycles. The number of benzene rings is 2. The van der Waals surface area contributed by atoms with E-state index in [4.69, 9.17) is 5.14 Å². The third-order valence-electron chi connectivity index (χ3n) is 5.82. The van der Waals surface area contributed by atoms with Gasteiger partial charge < -0.3 is 5.32 Å². The van der Waals surface area contributed by atoms with Crippen molar-refractivity contribution in [2.45, 2.75) is 51.9 Å². The van der Waals surface area contributed by atoms with E-state index in [2.05, 4.69) is 10.4 Å². The monoisotopic (exact) mass is 541 g/mol. The van der Waals surface area contributed by atoms with E-state index in [9.17, 15) is 30.8 Å². The van der Waals surface area contributed by atoms with Gasteiger partial charge in [0.25, 0.3) is 10.2 Å². The first-order valence-electron chi connectivity index (χ1n) is 11.2. The number of amides is 1. The van der Waals surface area contributed by atoms with Gasteiger partial charge in [0, 0.05) is 12.1 Å². The largest absolute Gasteiger partial charge is 0.419 e. The van der Waals surface area contributed by atoms with Crippen LogP contribution in [-0.2, 0) is 34.3 Å². The smallest absolute Gasteiger partial charge is 0.350 e. The Morgan fingerprint density at radius 3 is 2.38 bits per heavy atom. The lowest BCUT2D eigenvalue weighted by atomic mass is 9.98. The maximum atomic E-state index is 14.4. The molecule has 0 aliphatic heterocycles. The summed E-state index contributed by atoms with van der Waals surface area (Å²) >= 11 is 0. The zero-order valence-electron chi connectivity index (χ0n) is 20.3. The molecule has 8 nitrogen and oxygen atoms in total. The van der Waals surface area contributed by atoms with Gasteiger partial charge in [-0.3, -0.25) is 4.79 Å². The first-order valence-corrected chi connectivity index (χ1v) is 12.8. The molecule has 1 aromatic heterocycles. The third-order valence-corrected chi connectivity index (χ3v) is 6.37. The number of halogens is 4. The summed E-state index contributed by atoms with van der Waals surface area (Å²) in [5.74, 6) is -2.17. The highest BCUT2D eigenvalue weighted by Crippen LogP contribution is 2.33. The minimum absolute atomic E-state index is 0.00716. The van der Waals surface area contributed by atoms with E-state index in [1.165, 1.54) is 19.1 Å². The number of nitrogens with zero attached hydrogens (tertiary/aromatic N) is 2. The highest BCUT2D eigenvalue weighted by Gasteiger charge is 2.36. The molecule has 0 aliphatic carbocycles. The van der Waals surface area contributed by atoms with E-state index in [0.29, 0.717) is 5.69 Å². The molecule has 1 unspecified atom stereocenters. The normalized spacial score (nSPS) is 13.1. The van der Waals surface area contributed by atoms with E-state index in [1.807, 2.05) is 24.6 Å². The van der Waals surface area contributed by atoms with Crippen molar-refractivity contribution >= 4 is 16.1 Å². The molecule has 200 valence electrons. The zero-order chi connectivity index (χ0) is 27.5. The van der Waals surface area contributed by atoms with Gasteiger partial charge in [-0.15, -0.1) is 0 Å². The highest BCUT2D eigenvalue weighted by molar-refractivity contribution is 7.87. The van der Waals surface area contributed by atoms with Gasteiger partial charge >= 0.3 is 6.18 Å². The molecule has 0 bridgehead atoms. The van der Waals surface area contributed by atoms with Crippen LogP contribution in [0.2, 0.25) is 0 Å². The SMILES string of the molecule is CC(C)c1cccc(-n2ncc(C(F)(F)F)c2CNC(=O)C(C)c2ccc(CNS(N)(=O)=O)c(F)c2)c1. The van der Waals surface area contributed by atoms with Crippen molar-refractivity contribution in [2.75, 3.05) is 0 Å². The lowest BCUT2D eigenvalue weighted by Gasteiger charge is -2.17. The van der Waals surface area contributed by atoms with Gasteiger partial charge in [-0.2, -0.15) is 31.4 Å². The molecule has 4 N–H and O–H groups in total. The van der Waals surface area contributed by atoms with Gasteiger partial charge in [0.15, 0.2) is 0 Å². The van der Waals surface area contributed by atoms with Gasteiger partial charge in [0.2, 0.25) is 5.91 Å². The molecule has 1 atom stereocenters. The summed E-state index contributed by atoms with van der Waals surface area (Å²) in [7, 11) is -4.02. The fourth-order valence-electron chi connectivity index (χ4n) is 3.65. The molecule has 0 radical (unpaired) electrons. The van der Waals surface area contributed by atoms with Crippen molar-refractivity contribution in [2.24, 2.45) is 5.14 Å². The van der Waals surface area contributed by atoms with Gasteiger partial charge in [-0.25, -0.2) is 14.2 Å². The zero-order valence-corrected chi connectivity index (χ0v) is 21.1. The van der Waals surface area contributed by atoms with Crippen LogP contribution in [0.3, 0.4) is 0 Å². The molecule has 0 aliphatic rings. The number of aromatic nitrogens is 2. The number of rotatable bonds is 9. The molecule has 3 rings (SSSR count). The fourth-order valence-corrected chi connectivity index (χ4v) is 4.01. The second-order valence-corrected chi connectivity index (χ2v) is 10.2. The van der Waals surface area contributed by atoms with Crippen LogP contribution in [0, 0.1) is 5.82 Å². The minimum atomic E-state index is -4.69. The van der Waals surface area contributed by atoms with Crippen molar-refractivity contribution in [3.8, 4) is 5.69 Å². The van der Waals surface area contributed by atoms with Crippen LogP contribution in [0.15, 0.2) is 48.7 Å². The fraction of sp³-hybridized carbons (Fsp3) is 0.333. The Hall–Kier alpha value is -3.29. The van der Waals surface area contributed by atoms with E-state index in [-0.39, 0.29) is 29.3 Å². The average Bonchev–Trinajstić information content (AvgIpc) is 3.25. The second-order valence-electron chi connectivity index (χ2n) is 8.82. The number of alkyl halides is 3. The van der Waals surface area contributed by atoms with Gasteiger partial charge in [-0.05, 0) is 42.2 Å². The van der Waals surface area contributed by atoms with E-state index in [1.54, 1.807) is 18.2 Å². The van der Waals surface area contributed by atoms with E-state index in [0.717, 1.165) is 22.5 Å². The molecule has 1 amide bonds. The molecule has 37 heavy (non-hydrogen) atoms. The van der Waals surface area contributed by atoms with Gasteiger partial charge in [-0.1, -0.05) is 38.1 Å². The van der Waals surface area contributed by atoms with Crippen molar-refractivity contribution in [3.05, 3.63) is 82.4 Å². The summed E-state index contributed by atoms with van der Waals surface area (Å²) in [6.45, 7) is 4.53. The van der Waals surface area contributed by atoms with Crippen molar-refractivity contribution in [1.82, 2.24) is 19.8 Å². The summed E-state index contributed by atoms with van der Waals surface area (Å²) in [6.07, 6.45) is -3.97. The molecule has 13 heteroatoms. The summed E-state index contributed by atoms with van der Waals surface area (Å²) < 4.78 is 80.6. The van der Waals surface area contributed by atoms with Crippen LogP contribution in [0.25, 0.3) is 5.69 Å². The first-order chi connectivity index (χ1) is 17.2. The molecule has 0 fully saturated rings. The van der Waals surface area contributed by atoms with Crippen molar-refractivity contribution in [1.29, 1.82) is 0 Å². The van der Waals surface area contributed by atoms with Gasteiger partial charge in [0.05, 0.1) is 35.6 Å². The highest BCUT2D eigenvalue weighted by atomic mass is 32.2. The molecular weight excluding hydrogens is 514 g/mol. The Balaban J connectivity index is 1.82. The molecule has 3 aromatic rings. The van der Waals surface area contributed by atoms with Crippen LogP contribution in [0.1, 0.15) is 60.6 Å². The Morgan fingerprint density at radius 2 is 1.78 bits per heavy atom. The van der Waals surface area contributed by atoms with E-state index >= 15 is 0 Å². The molecule has 0 spiro atoms. The predicted molar refractivity (Wildman–Crippen MR) is 129 cm³/mol. The lowest BCUT2D eigenvalue weighted by molar-refractivity contribution is -0.138. The van der Waals surface area contributed by atoms with Crippen LogP contribution in [0.4, 0.5) is 17.6 Å². The average molecular weight is 542 g/mol.